The van der Waals surface area contributed by atoms with Crippen LogP contribution in [0.2, 0.25) is 0 Å². The Kier molecular flexibility index (Phi) is 1.66. The number of ether oxygens (including phenoxy) is 1. The van der Waals surface area contributed by atoms with Crippen LogP contribution in [-0.2, 0) is 0 Å². The maximum Gasteiger partial charge on any atom is 0.573 e. The van der Waals surface area contributed by atoms with Gasteiger partial charge in [0.2, 0.25) is 0 Å². The SMILES string of the molecule is [2H]C([2H])([2H])c1c(O)ccc(OC(F)(F)F)c1F. The van der Waals surface area contributed by atoms with Crippen LogP contribution in [0.25, 0.3) is 0 Å². The van der Waals surface area contributed by atoms with Crippen molar-refractivity contribution in [1.82, 2.24) is 0 Å². The summed E-state index contributed by atoms with van der Waals surface area (Å²) in [4.78, 5) is 0. The fraction of sp³-hybridized carbons (Fsp3) is 0.250. The molecule has 2 nitrogen and oxygen atoms in total. The summed E-state index contributed by atoms with van der Waals surface area (Å²) in [6, 6.07) is 1.11. The molecule has 0 atom stereocenters. The Hall–Kier alpha value is -1.46. The van der Waals surface area contributed by atoms with Crippen LogP contribution in [0, 0.1) is 12.7 Å². The predicted molar refractivity (Wildman–Crippen MR) is 39.5 cm³/mol. The molecule has 78 valence electrons. The van der Waals surface area contributed by atoms with Gasteiger partial charge in [-0.2, -0.15) is 0 Å². The molecule has 0 aliphatic carbocycles. The third kappa shape index (κ3) is 2.27. The van der Waals surface area contributed by atoms with Gasteiger partial charge in [-0.05, 0) is 19.0 Å². The number of halogens is 4. The molecule has 0 unspecified atom stereocenters. The van der Waals surface area contributed by atoms with Crippen molar-refractivity contribution in [1.29, 1.82) is 0 Å². The van der Waals surface area contributed by atoms with Crippen LogP contribution in [-0.4, -0.2) is 11.5 Å². The molecule has 0 fully saturated rings. The average Bonchev–Trinajstić information content (AvgIpc) is 2.06. The molecule has 0 amide bonds. The van der Waals surface area contributed by atoms with Crippen LogP contribution in [0.15, 0.2) is 12.1 Å². The number of phenols is 1. The fourth-order valence-corrected chi connectivity index (χ4v) is 0.750. The lowest BCUT2D eigenvalue weighted by molar-refractivity contribution is -0.275. The van der Waals surface area contributed by atoms with Gasteiger partial charge in [-0.25, -0.2) is 4.39 Å². The van der Waals surface area contributed by atoms with Gasteiger partial charge >= 0.3 is 6.36 Å². The van der Waals surface area contributed by atoms with Crippen molar-refractivity contribution in [3.05, 3.63) is 23.5 Å². The van der Waals surface area contributed by atoms with E-state index in [0.29, 0.717) is 12.1 Å². The first kappa shape index (κ1) is 6.92. The minimum Gasteiger partial charge on any atom is -0.508 e. The van der Waals surface area contributed by atoms with E-state index in [9.17, 15) is 17.6 Å². The van der Waals surface area contributed by atoms with Gasteiger partial charge in [0.05, 0.1) is 0 Å². The van der Waals surface area contributed by atoms with E-state index in [1.54, 1.807) is 0 Å². The van der Waals surface area contributed by atoms with Crippen molar-refractivity contribution in [2.45, 2.75) is 13.2 Å². The smallest absolute Gasteiger partial charge is 0.508 e. The van der Waals surface area contributed by atoms with Crippen LogP contribution in [0.3, 0.4) is 0 Å². The van der Waals surface area contributed by atoms with E-state index in [0.717, 1.165) is 0 Å². The summed E-state index contributed by atoms with van der Waals surface area (Å²) in [6.45, 7) is -3.08. The molecule has 0 spiro atoms. The second-order valence-electron chi connectivity index (χ2n) is 2.32. The summed E-state index contributed by atoms with van der Waals surface area (Å²) in [6.07, 6.45) is -5.15. The lowest BCUT2D eigenvalue weighted by atomic mass is 10.2. The Morgan fingerprint density at radius 3 is 2.57 bits per heavy atom. The van der Waals surface area contributed by atoms with Crippen molar-refractivity contribution in [3.8, 4) is 11.5 Å². The minimum absolute atomic E-state index is 0.493. The Labute approximate surface area is 80.9 Å². The lowest BCUT2D eigenvalue weighted by Crippen LogP contribution is -2.18. The van der Waals surface area contributed by atoms with E-state index >= 15 is 0 Å². The molecule has 6 heteroatoms. The van der Waals surface area contributed by atoms with Gasteiger partial charge in [0.1, 0.15) is 5.75 Å². The van der Waals surface area contributed by atoms with Crippen LogP contribution in [0.5, 0.6) is 11.5 Å². The molecule has 0 aliphatic rings. The van der Waals surface area contributed by atoms with E-state index < -0.39 is 36.1 Å². The number of alkyl halides is 3. The predicted octanol–water partition coefficient (Wildman–Crippen LogP) is 2.74. The molecule has 1 aromatic carbocycles. The van der Waals surface area contributed by atoms with Gasteiger partial charge in [-0.3, -0.25) is 0 Å². The highest BCUT2D eigenvalue weighted by atomic mass is 19.4. The van der Waals surface area contributed by atoms with Gasteiger partial charge < -0.3 is 9.84 Å². The standard InChI is InChI=1S/C8H6F4O2/c1-4-5(13)2-3-6(7(4)9)14-8(10,11)12/h2-3,13H,1H3/i1D3. The summed E-state index contributed by atoms with van der Waals surface area (Å²) in [7, 11) is 0. The highest BCUT2D eigenvalue weighted by molar-refractivity contribution is 5.40. The van der Waals surface area contributed by atoms with Crippen molar-refractivity contribution >= 4 is 0 Å². The first-order valence-corrected chi connectivity index (χ1v) is 3.30. The molecule has 1 N–H and O–H groups in total. The first-order valence-electron chi connectivity index (χ1n) is 4.80. The number of phenolic OH excluding ortho intramolecular Hbond substituents is 1. The van der Waals surface area contributed by atoms with Gasteiger partial charge in [0.25, 0.3) is 0 Å². The second kappa shape index (κ2) is 3.36. The van der Waals surface area contributed by atoms with Crippen LogP contribution >= 0.6 is 0 Å². The highest BCUT2D eigenvalue weighted by Gasteiger charge is 2.32. The molecular formula is C8H6F4O2. The monoisotopic (exact) mass is 213 g/mol. The molecule has 0 saturated carbocycles. The zero-order chi connectivity index (χ0) is 13.4. The summed E-state index contributed by atoms with van der Waals surface area (Å²) in [5.74, 6) is -4.03. The van der Waals surface area contributed by atoms with Crippen LogP contribution in [0.4, 0.5) is 17.6 Å². The topological polar surface area (TPSA) is 29.5 Å². The van der Waals surface area contributed by atoms with E-state index in [2.05, 4.69) is 4.74 Å². The molecule has 1 rings (SSSR count). The number of hydrogen-bond acceptors (Lipinski definition) is 2. The van der Waals surface area contributed by atoms with Gasteiger partial charge in [0.15, 0.2) is 11.6 Å². The van der Waals surface area contributed by atoms with E-state index in [1.165, 1.54) is 0 Å². The highest BCUT2D eigenvalue weighted by Crippen LogP contribution is 2.30. The summed E-state index contributed by atoms with van der Waals surface area (Å²) in [5, 5.41) is 9.11. The van der Waals surface area contributed by atoms with E-state index in [-0.39, 0.29) is 0 Å². The third-order valence-electron chi connectivity index (χ3n) is 1.31. The molecule has 0 aliphatic heterocycles. The van der Waals surface area contributed by atoms with E-state index in [1.807, 2.05) is 0 Å². The van der Waals surface area contributed by atoms with Crippen LogP contribution < -0.4 is 4.74 Å². The van der Waals surface area contributed by atoms with E-state index in [4.69, 9.17) is 9.22 Å². The summed E-state index contributed by atoms with van der Waals surface area (Å²) >= 11 is 0. The third-order valence-corrected chi connectivity index (χ3v) is 1.31. The fourth-order valence-electron chi connectivity index (χ4n) is 0.750. The quantitative estimate of drug-likeness (QED) is 0.727. The Balaban J connectivity index is 3.30. The molecule has 0 radical (unpaired) electrons. The Bertz CT molecular complexity index is 428. The molecule has 14 heavy (non-hydrogen) atoms. The van der Waals surface area contributed by atoms with Crippen molar-refractivity contribution in [2.75, 3.05) is 0 Å². The number of hydrogen-bond donors (Lipinski definition) is 1. The number of benzene rings is 1. The van der Waals surface area contributed by atoms with Crippen molar-refractivity contribution in [2.24, 2.45) is 0 Å². The van der Waals surface area contributed by atoms with Crippen LogP contribution in [0.1, 0.15) is 9.68 Å². The van der Waals surface area contributed by atoms with Crippen molar-refractivity contribution < 1.29 is 31.5 Å². The number of aromatic hydroxyl groups is 1. The van der Waals surface area contributed by atoms with Gasteiger partial charge in [0, 0.05) is 9.68 Å². The maximum absolute atomic E-state index is 13.4. The second-order valence-corrected chi connectivity index (χ2v) is 2.32. The lowest BCUT2D eigenvalue weighted by Gasteiger charge is -2.11. The molecular weight excluding hydrogens is 204 g/mol. The molecule has 0 bridgehead atoms. The molecule has 0 aromatic heterocycles. The average molecular weight is 213 g/mol. The Morgan fingerprint density at radius 2 is 2.07 bits per heavy atom. The molecule has 0 heterocycles. The minimum atomic E-state index is -5.15. The maximum atomic E-state index is 13.4. The number of rotatable bonds is 1. The van der Waals surface area contributed by atoms with Crippen molar-refractivity contribution in [3.63, 3.8) is 0 Å². The molecule has 0 saturated heterocycles. The van der Waals surface area contributed by atoms with Gasteiger partial charge in [-0.15, -0.1) is 13.2 Å². The first-order chi connectivity index (χ1) is 7.52. The Morgan fingerprint density at radius 1 is 1.43 bits per heavy atom. The zero-order valence-electron chi connectivity index (χ0n) is 9.52. The van der Waals surface area contributed by atoms with Gasteiger partial charge in [-0.1, -0.05) is 0 Å². The molecule has 1 aromatic rings. The zero-order valence-corrected chi connectivity index (χ0v) is 6.52. The summed E-state index contributed by atoms with van der Waals surface area (Å²) in [5.41, 5.74) is -1.21. The normalized spacial score (nSPS) is 15.6. The summed E-state index contributed by atoms with van der Waals surface area (Å²) < 4.78 is 72.9. The largest absolute Gasteiger partial charge is 0.573 e.